The van der Waals surface area contributed by atoms with Crippen molar-refractivity contribution in [1.82, 2.24) is 5.32 Å². The predicted molar refractivity (Wildman–Crippen MR) is 86.3 cm³/mol. The molecule has 0 spiro atoms. The maximum Gasteiger partial charge on any atom is 0.226 e. The highest BCUT2D eigenvalue weighted by Crippen LogP contribution is 2.41. The zero-order valence-corrected chi connectivity index (χ0v) is 14.0. The zero-order chi connectivity index (χ0) is 17.6. The topological polar surface area (TPSA) is 58.6 Å². The van der Waals surface area contributed by atoms with Gasteiger partial charge < -0.3 is 15.2 Å². The van der Waals surface area contributed by atoms with Crippen LogP contribution in [0.25, 0.3) is 0 Å². The Balaban J connectivity index is 1.97. The summed E-state index contributed by atoms with van der Waals surface area (Å²) in [5.41, 5.74) is -0.907. The third-order valence-electron chi connectivity index (χ3n) is 4.76. The highest BCUT2D eigenvalue weighted by Gasteiger charge is 2.40. The van der Waals surface area contributed by atoms with E-state index in [4.69, 9.17) is 4.74 Å². The SMILES string of the molecule is CCOCCC1(C(=O)NCC(O)c2c(F)cccc2F)CCCC1. The number of benzene rings is 1. The van der Waals surface area contributed by atoms with Gasteiger partial charge in [-0.15, -0.1) is 0 Å². The standard InChI is InChI=1S/C18H25F2NO3/c1-2-24-11-10-18(8-3-4-9-18)17(23)21-12-15(22)16-13(19)6-5-7-14(16)20/h5-7,15,22H,2-4,8-12H2,1H3,(H,21,23). The Bertz CT molecular complexity index is 539. The van der Waals surface area contributed by atoms with Gasteiger partial charge in [-0.3, -0.25) is 4.79 Å². The minimum Gasteiger partial charge on any atom is -0.386 e. The van der Waals surface area contributed by atoms with E-state index in [1.54, 1.807) is 0 Å². The van der Waals surface area contributed by atoms with Gasteiger partial charge in [0, 0.05) is 19.8 Å². The van der Waals surface area contributed by atoms with E-state index < -0.39 is 28.7 Å². The first-order chi connectivity index (χ1) is 11.5. The molecule has 2 N–H and O–H groups in total. The van der Waals surface area contributed by atoms with Crippen LogP contribution in [0.3, 0.4) is 0 Å². The highest BCUT2D eigenvalue weighted by molar-refractivity contribution is 5.83. The predicted octanol–water partition coefficient (Wildman–Crippen LogP) is 3.10. The lowest BCUT2D eigenvalue weighted by Gasteiger charge is -2.28. The molecule has 1 unspecified atom stereocenters. The largest absolute Gasteiger partial charge is 0.386 e. The first kappa shape index (κ1) is 18.8. The molecule has 1 fully saturated rings. The molecule has 134 valence electrons. The Morgan fingerprint density at radius 2 is 1.96 bits per heavy atom. The van der Waals surface area contributed by atoms with Crippen LogP contribution in [-0.4, -0.2) is 30.8 Å². The molecule has 0 aliphatic heterocycles. The molecule has 1 amide bonds. The van der Waals surface area contributed by atoms with Crippen LogP contribution in [0.15, 0.2) is 18.2 Å². The maximum atomic E-state index is 13.7. The van der Waals surface area contributed by atoms with Crippen LogP contribution in [0.4, 0.5) is 8.78 Å². The number of nitrogens with one attached hydrogen (secondary N) is 1. The van der Waals surface area contributed by atoms with Crippen molar-refractivity contribution in [3.63, 3.8) is 0 Å². The Morgan fingerprint density at radius 3 is 2.54 bits per heavy atom. The third-order valence-corrected chi connectivity index (χ3v) is 4.76. The first-order valence-corrected chi connectivity index (χ1v) is 8.48. The second-order valence-corrected chi connectivity index (χ2v) is 6.30. The van der Waals surface area contributed by atoms with Gasteiger partial charge in [0.25, 0.3) is 0 Å². The van der Waals surface area contributed by atoms with Crippen LogP contribution in [0.2, 0.25) is 0 Å². The number of rotatable bonds is 8. The monoisotopic (exact) mass is 341 g/mol. The average molecular weight is 341 g/mol. The summed E-state index contributed by atoms with van der Waals surface area (Å²) in [7, 11) is 0. The second-order valence-electron chi connectivity index (χ2n) is 6.30. The molecule has 1 aromatic rings. The van der Waals surface area contributed by atoms with Gasteiger partial charge in [-0.1, -0.05) is 18.9 Å². The Kier molecular flexibility index (Phi) is 6.69. The summed E-state index contributed by atoms with van der Waals surface area (Å²) in [5.74, 6) is -1.80. The van der Waals surface area contributed by atoms with Crippen LogP contribution in [0.1, 0.15) is 50.7 Å². The van der Waals surface area contributed by atoms with E-state index in [-0.39, 0.29) is 12.5 Å². The minimum absolute atomic E-state index is 0.171. The second kappa shape index (κ2) is 8.53. The summed E-state index contributed by atoms with van der Waals surface area (Å²) in [6.07, 6.45) is 2.71. The molecule has 4 nitrogen and oxygen atoms in total. The molecule has 0 radical (unpaired) electrons. The van der Waals surface area contributed by atoms with Crippen LogP contribution < -0.4 is 5.32 Å². The van der Waals surface area contributed by atoms with Crippen molar-refractivity contribution in [3.8, 4) is 0 Å². The van der Waals surface area contributed by atoms with Gasteiger partial charge >= 0.3 is 0 Å². The number of hydrogen-bond acceptors (Lipinski definition) is 3. The number of hydrogen-bond donors (Lipinski definition) is 2. The number of amides is 1. The van der Waals surface area contributed by atoms with Crippen molar-refractivity contribution in [3.05, 3.63) is 35.4 Å². The van der Waals surface area contributed by atoms with Crippen LogP contribution in [-0.2, 0) is 9.53 Å². The van der Waals surface area contributed by atoms with E-state index in [0.29, 0.717) is 19.6 Å². The molecule has 0 saturated heterocycles. The summed E-state index contributed by atoms with van der Waals surface area (Å²) >= 11 is 0. The minimum atomic E-state index is -1.42. The molecule has 1 saturated carbocycles. The molecular formula is C18H25F2NO3. The van der Waals surface area contributed by atoms with Gasteiger partial charge in [-0.2, -0.15) is 0 Å². The summed E-state index contributed by atoms with van der Waals surface area (Å²) in [4.78, 5) is 12.6. The van der Waals surface area contributed by atoms with Gasteiger partial charge in [0.05, 0.1) is 11.0 Å². The molecule has 1 atom stereocenters. The van der Waals surface area contributed by atoms with E-state index >= 15 is 0 Å². The first-order valence-electron chi connectivity index (χ1n) is 8.48. The molecule has 1 aliphatic rings. The summed E-state index contributed by atoms with van der Waals surface area (Å²) in [6.45, 7) is 2.80. The summed E-state index contributed by atoms with van der Waals surface area (Å²) in [5, 5.41) is 12.7. The lowest BCUT2D eigenvalue weighted by molar-refractivity contribution is -0.132. The maximum absolute atomic E-state index is 13.7. The van der Waals surface area contributed by atoms with Gasteiger partial charge in [0.15, 0.2) is 0 Å². The molecule has 0 aromatic heterocycles. The number of halogens is 2. The molecule has 0 bridgehead atoms. The Hall–Kier alpha value is -1.53. The van der Waals surface area contributed by atoms with E-state index in [2.05, 4.69) is 5.32 Å². The van der Waals surface area contributed by atoms with E-state index in [1.165, 1.54) is 6.07 Å². The number of ether oxygens (including phenoxy) is 1. The average Bonchev–Trinajstić information content (AvgIpc) is 3.03. The summed E-state index contributed by atoms with van der Waals surface area (Å²) in [6, 6.07) is 3.41. The van der Waals surface area contributed by atoms with E-state index in [9.17, 15) is 18.7 Å². The number of carbonyl (C=O) groups excluding carboxylic acids is 1. The van der Waals surface area contributed by atoms with Crippen LogP contribution in [0.5, 0.6) is 0 Å². The molecular weight excluding hydrogens is 316 g/mol. The fourth-order valence-electron chi connectivity index (χ4n) is 3.36. The van der Waals surface area contributed by atoms with Crippen molar-refractivity contribution >= 4 is 5.91 Å². The smallest absolute Gasteiger partial charge is 0.226 e. The lowest BCUT2D eigenvalue weighted by Crippen LogP contribution is -2.41. The van der Waals surface area contributed by atoms with Crippen molar-refractivity contribution in [2.24, 2.45) is 5.41 Å². The fraction of sp³-hybridized carbons (Fsp3) is 0.611. The number of aliphatic hydroxyl groups is 1. The number of carbonyl (C=O) groups is 1. The van der Waals surface area contributed by atoms with Gasteiger partial charge in [-0.25, -0.2) is 8.78 Å². The van der Waals surface area contributed by atoms with Crippen molar-refractivity contribution < 1.29 is 23.4 Å². The lowest BCUT2D eigenvalue weighted by atomic mass is 9.82. The fourth-order valence-corrected chi connectivity index (χ4v) is 3.36. The van der Waals surface area contributed by atoms with E-state index in [0.717, 1.165) is 37.8 Å². The van der Waals surface area contributed by atoms with Gasteiger partial charge in [0.1, 0.15) is 17.7 Å². The molecule has 2 rings (SSSR count). The van der Waals surface area contributed by atoms with Crippen LogP contribution in [0, 0.1) is 17.0 Å². The quantitative estimate of drug-likeness (QED) is 0.715. The van der Waals surface area contributed by atoms with Crippen molar-refractivity contribution in [2.75, 3.05) is 19.8 Å². The molecule has 6 heteroatoms. The Labute approximate surface area is 141 Å². The van der Waals surface area contributed by atoms with Crippen molar-refractivity contribution in [2.45, 2.75) is 45.1 Å². The molecule has 1 aliphatic carbocycles. The van der Waals surface area contributed by atoms with Gasteiger partial charge in [0.2, 0.25) is 5.91 Å². The highest BCUT2D eigenvalue weighted by atomic mass is 19.1. The van der Waals surface area contributed by atoms with Crippen molar-refractivity contribution in [1.29, 1.82) is 0 Å². The molecule has 24 heavy (non-hydrogen) atoms. The number of aliphatic hydroxyl groups excluding tert-OH is 1. The van der Waals surface area contributed by atoms with E-state index in [1.807, 2.05) is 6.92 Å². The molecule has 0 heterocycles. The third kappa shape index (κ3) is 4.30. The van der Waals surface area contributed by atoms with Gasteiger partial charge in [-0.05, 0) is 38.3 Å². The van der Waals surface area contributed by atoms with Crippen LogP contribution >= 0.6 is 0 Å². The normalized spacial score (nSPS) is 17.7. The molecule has 1 aromatic carbocycles. The Morgan fingerprint density at radius 1 is 1.33 bits per heavy atom. The summed E-state index contributed by atoms with van der Waals surface area (Å²) < 4.78 is 32.7. The zero-order valence-electron chi connectivity index (χ0n) is 14.0.